The van der Waals surface area contributed by atoms with Crippen LogP contribution >= 0.6 is 23.7 Å². The summed E-state index contributed by atoms with van der Waals surface area (Å²) in [6.45, 7) is 9.60. The molecule has 1 aromatic carbocycles. The minimum atomic E-state index is 0. The van der Waals surface area contributed by atoms with Crippen LogP contribution in [0, 0.1) is 0 Å². The van der Waals surface area contributed by atoms with E-state index in [0.29, 0.717) is 5.92 Å². The largest absolute Gasteiger partial charge is 0.326 e. The van der Waals surface area contributed by atoms with Crippen molar-refractivity contribution in [1.82, 2.24) is 9.88 Å². The number of benzene rings is 1. The quantitative estimate of drug-likeness (QED) is 0.914. The molecule has 2 N–H and O–H groups in total. The smallest absolute Gasteiger partial charge is 0.0981 e. The molecule has 3 nitrogen and oxygen atoms in total. The maximum absolute atomic E-state index is 6.38. The molecule has 1 aromatic heterocycles. The van der Waals surface area contributed by atoms with Gasteiger partial charge in [0.1, 0.15) is 0 Å². The second-order valence-electron chi connectivity index (χ2n) is 7.26. The van der Waals surface area contributed by atoms with Crippen molar-refractivity contribution < 1.29 is 0 Å². The van der Waals surface area contributed by atoms with E-state index in [2.05, 4.69) is 61.0 Å². The number of likely N-dealkylation sites (tertiary alicyclic amines) is 1. The number of hydrogen-bond acceptors (Lipinski definition) is 4. The fraction of sp³-hybridized carbons (Fsp3) is 0.500. The van der Waals surface area contributed by atoms with Crippen molar-refractivity contribution in [3.63, 3.8) is 0 Å². The Kier molecular flexibility index (Phi) is 5.84. The normalized spacial score (nSPS) is 22.1. The van der Waals surface area contributed by atoms with E-state index in [9.17, 15) is 0 Å². The number of halogens is 1. The molecule has 0 aliphatic carbocycles. The zero-order chi connectivity index (χ0) is 15.7. The molecule has 0 bridgehead atoms. The van der Waals surface area contributed by atoms with E-state index in [1.165, 1.54) is 15.4 Å². The lowest BCUT2D eigenvalue weighted by Gasteiger charge is -2.15. The van der Waals surface area contributed by atoms with E-state index in [1.54, 1.807) is 0 Å². The molecule has 23 heavy (non-hydrogen) atoms. The van der Waals surface area contributed by atoms with Crippen LogP contribution in [0.25, 0.3) is 0 Å². The molecule has 2 atom stereocenters. The molecule has 2 heterocycles. The molecule has 0 radical (unpaired) electrons. The lowest BCUT2D eigenvalue weighted by Crippen LogP contribution is -2.28. The van der Waals surface area contributed by atoms with Crippen LogP contribution in [-0.4, -0.2) is 29.0 Å². The van der Waals surface area contributed by atoms with Crippen LogP contribution < -0.4 is 5.73 Å². The Morgan fingerprint density at radius 3 is 2.52 bits per heavy atom. The Morgan fingerprint density at radius 1 is 1.22 bits per heavy atom. The van der Waals surface area contributed by atoms with Crippen LogP contribution in [0.5, 0.6) is 0 Å². The first-order valence-electron chi connectivity index (χ1n) is 7.91. The van der Waals surface area contributed by atoms with Gasteiger partial charge in [-0.15, -0.1) is 23.7 Å². The third-order valence-corrected chi connectivity index (χ3v) is 5.65. The highest BCUT2D eigenvalue weighted by atomic mass is 35.5. The van der Waals surface area contributed by atoms with Crippen molar-refractivity contribution >= 4 is 23.7 Å². The Bertz CT molecular complexity index is 621. The molecule has 0 unspecified atom stereocenters. The van der Waals surface area contributed by atoms with E-state index in [4.69, 9.17) is 5.73 Å². The molecule has 1 aliphatic rings. The summed E-state index contributed by atoms with van der Waals surface area (Å²) in [4.78, 5) is 8.39. The monoisotopic (exact) mass is 351 g/mol. The SMILES string of the molecule is CC(C)(C)c1ncc(CN2C[C@@H](N)[C@H](c3ccccc3)C2)s1.Cl. The number of thiazole rings is 1. The van der Waals surface area contributed by atoms with E-state index in [-0.39, 0.29) is 23.9 Å². The minimum absolute atomic E-state index is 0. The van der Waals surface area contributed by atoms with Gasteiger partial charge in [-0.25, -0.2) is 4.98 Å². The second kappa shape index (κ2) is 7.31. The summed E-state index contributed by atoms with van der Waals surface area (Å²) in [6.07, 6.45) is 2.03. The van der Waals surface area contributed by atoms with E-state index < -0.39 is 0 Å². The summed E-state index contributed by atoms with van der Waals surface area (Å²) in [5.41, 5.74) is 7.87. The molecular formula is C18H26ClN3S. The van der Waals surface area contributed by atoms with Crippen molar-refractivity contribution in [3.05, 3.63) is 52.0 Å². The van der Waals surface area contributed by atoms with Crippen LogP contribution in [-0.2, 0) is 12.0 Å². The molecule has 0 amide bonds. The first-order chi connectivity index (χ1) is 10.4. The molecular weight excluding hydrogens is 326 g/mol. The fourth-order valence-electron chi connectivity index (χ4n) is 3.04. The second-order valence-corrected chi connectivity index (χ2v) is 8.37. The highest BCUT2D eigenvalue weighted by Crippen LogP contribution is 2.30. The summed E-state index contributed by atoms with van der Waals surface area (Å²) in [7, 11) is 0. The summed E-state index contributed by atoms with van der Waals surface area (Å²) in [6, 6.07) is 10.9. The lowest BCUT2D eigenvalue weighted by atomic mass is 9.95. The molecule has 1 fully saturated rings. The van der Waals surface area contributed by atoms with Crippen LogP contribution in [0.4, 0.5) is 0 Å². The number of hydrogen-bond donors (Lipinski definition) is 1. The van der Waals surface area contributed by atoms with Crippen molar-refractivity contribution in [2.75, 3.05) is 13.1 Å². The summed E-state index contributed by atoms with van der Waals surface area (Å²) < 4.78 is 0. The van der Waals surface area contributed by atoms with Gasteiger partial charge in [-0.1, -0.05) is 51.1 Å². The van der Waals surface area contributed by atoms with E-state index >= 15 is 0 Å². The van der Waals surface area contributed by atoms with Gasteiger partial charge in [0.15, 0.2) is 0 Å². The van der Waals surface area contributed by atoms with Gasteiger partial charge in [0.05, 0.1) is 5.01 Å². The predicted molar refractivity (Wildman–Crippen MR) is 100 cm³/mol. The van der Waals surface area contributed by atoms with Crippen LogP contribution in [0.15, 0.2) is 36.5 Å². The zero-order valence-electron chi connectivity index (χ0n) is 14.0. The van der Waals surface area contributed by atoms with E-state index in [0.717, 1.165) is 19.6 Å². The zero-order valence-corrected chi connectivity index (χ0v) is 15.7. The Hall–Kier alpha value is -0.940. The third-order valence-electron chi connectivity index (χ3n) is 4.24. The van der Waals surface area contributed by atoms with Crippen molar-refractivity contribution in [1.29, 1.82) is 0 Å². The van der Waals surface area contributed by atoms with Crippen molar-refractivity contribution in [2.24, 2.45) is 5.73 Å². The minimum Gasteiger partial charge on any atom is -0.326 e. The Labute approximate surface area is 149 Å². The number of rotatable bonds is 3. The summed E-state index contributed by atoms with van der Waals surface area (Å²) >= 11 is 1.83. The topological polar surface area (TPSA) is 42.2 Å². The molecule has 0 spiro atoms. The van der Waals surface area contributed by atoms with Gasteiger partial charge in [-0.05, 0) is 5.56 Å². The lowest BCUT2D eigenvalue weighted by molar-refractivity contribution is 0.326. The number of nitrogens with zero attached hydrogens (tertiary/aromatic N) is 2. The third kappa shape index (κ3) is 4.32. The molecule has 1 aliphatic heterocycles. The summed E-state index contributed by atoms with van der Waals surface area (Å²) in [5.74, 6) is 0.441. The van der Waals surface area contributed by atoms with Gasteiger partial charge in [0.2, 0.25) is 0 Å². The van der Waals surface area contributed by atoms with Gasteiger partial charge < -0.3 is 5.73 Å². The van der Waals surface area contributed by atoms with Crippen molar-refractivity contribution in [3.8, 4) is 0 Å². The number of aromatic nitrogens is 1. The average Bonchev–Trinajstić information content (AvgIpc) is 3.07. The van der Waals surface area contributed by atoms with E-state index in [1.807, 2.05) is 17.5 Å². The highest BCUT2D eigenvalue weighted by Gasteiger charge is 2.31. The molecule has 3 rings (SSSR count). The summed E-state index contributed by atoms with van der Waals surface area (Å²) in [5, 5.41) is 1.21. The number of nitrogens with two attached hydrogens (primary N) is 1. The first-order valence-corrected chi connectivity index (χ1v) is 8.73. The Balaban J connectivity index is 0.00000192. The standard InChI is InChI=1S/C18H25N3S.ClH/c1-18(2,3)17-20-9-14(22-17)10-21-11-15(16(19)12-21)13-7-5-4-6-8-13;/h4-9,15-16H,10-12,19H2,1-3H3;1H/t15-,16+;/m0./s1. The van der Waals surface area contributed by atoms with Gasteiger partial charge in [-0.3, -0.25) is 4.90 Å². The fourth-order valence-corrected chi connectivity index (χ4v) is 4.06. The predicted octanol–water partition coefficient (Wildman–Crippen LogP) is 3.79. The van der Waals surface area contributed by atoms with Crippen molar-refractivity contribution in [2.45, 2.75) is 44.7 Å². The maximum atomic E-state index is 6.38. The molecule has 0 saturated carbocycles. The molecule has 1 saturated heterocycles. The molecule has 126 valence electrons. The molecule has 2 aromatic rings. The van der Waals surface area contributed by atoms with Gasteiger partial charge in [0, 0.05) is 48.1 Å². The van der Waals surface area contributed by atoms with Gasteiger partial charge in [0.25, 0.3) is 0 Å². The van der Waals surface area contributed by atoms with Gasteiger partial charge in [-0.2, -0.15) is 0 Å². The van der Waals surface area contributed by atoms with Crippen LogP contribution in [0.1, 0.15) is 42.1 Å². The average molecular weight is 352 g/mol. The van der Waals surface area contributed by atoms with Crippen LogP contribution in [0.3, 0.4) is 0 Å². The maximum Gasteiger partial charge on any atom is 0.0981 e. The van der Waals surface area contributed by atoms with Crippen LogP contribution in [0.2, 0.25) is 0 Å². The highest BCUT2D eigenvalue weighted by molar-refractivity contribution is 7.11. The molecule has 5 heteroatoms. The van der Waals surface area contributed by atoms with Gasteiger partial charge >= 0.3 is 0 Å². The first kappa shape index (κ1) is 18.4. The Morgan fingerprint density at radius 2 is 1.91 bits per heavy atom.